The first kappa shape index (κ1) is 14.0. The SMILES string of the molecule is CC(c1ccc(F)cc1)N1CCN(CC(=O)O)CC1. The number of carboxylic acids is 1. The van der Waals surface area contributed by atoms with E-state index in [1.54, 1.807) is 0 Å². The van der Waals surface area contributed by atoms with Crippen LogP contribution in [0.1, 0.15) is 18.5 Å². The van der Waals surface area contributed by atoms with E-state index in [1.807, 2.05) is 17.0 Å². The van der Waals surface area contributed by atoms with Crippen molar-refractivity contribution in [3.05, 3.63) is 35.6 Å². The molecule has 1 aromatic rings. The minimum atomic E-state index is -0.778. The first-order valence-electron chi connectivity index (χ1n) is 6.50. The van der Waals surface area contributed by atoms with E-state index in [2.05, 4.69) is 11.8 Å². The maximum atomic E-state index is 12.9. The zero-order chi connectivity index (χ0) is 13.8. The molecule has 1 atom stereocenters. The summed E-state index contributed by atoms with van der Waals surface area (Å²) in [5.41, 5.74) is 1.09. The van der Waals surface area contributed by atoms with Crippen LogP contribution in [0.2, 0.25) is 0 Å². The molecule has 19 heavy (non-hydrogen) atoms. The third-order valence-electron chi connectivity index (χ3n) is 3.67. The van der Waals surface area contributed by atoms with Crippen LogP contribution in [-0.2, 0) is 4.79 Å². The summed E-state index contributed by atoms with van der Waals surface area (Å²) in [7, 11) is 0. The van der Waals surface area contributed by atoms with Crippen LogP contribution < -0.4 is 0 Å². The molecule has 0 amide bonds. The molecule has 5 heteroatoms. The summed E-state index contributed by atoms with van der Waals surface area (Å²) in [6.07, 6.45) is 0. The monoisotopic (exact) mass is 266 g/mol. The van der Waals surface area contributed by atoms with Crippen molar-refractivity contribution < 1.29 is 14.3 Å². The fraction of sp³-hybridized carbons (Fsp3) is 0.500. The molecule has 1 heterocycles. The fourth-order valence-electron chi connectivity index (χ4n) is 2.45. The topological polar surface area (TPSA) is 43.8 Å². The second-order valence-corrected chi connectivity index (χ2v) is 4.93. The van der Waals surface area contributed by atoms with Gasteiger partial charge in [-0.1, -0.05) is 12.1 Å². The molecular formula is C14H19FN2O2. The molecular weight excluding hydrogens is 247 g/mol. The van der Waals surface area contributed by atoms with Crippen LogP contribution in [0, 0.1) is 5.82 Å². The number of nitrogens with zero attached hydrogens (tertiary/aromatic N) is 2. The number of rotatable bonds is 4. The number of benzene rings is 1. The number of hydrogen-bond donors (Lipinski definition) is 1. The average Bonchev–Trinajstić information content (AvgIpc) is 2.39. The highest BCUT2D eigenvalue weighted by atomic mass is 19.1. The van der Waals surface area contributed by atoms with Gasteiger partial charge in [0.25, 0.3) is 0 Å². The smallest absolute Gasteiger partial charge is 0.317 e. The minimum Gasteiger partial charge on any atom is -0.480 e. The van der Waals surface area contributed by atoms with Gasteiger partial charge in [-0.3, -0.25) is 14.6 Å². The number of carbonyl (C=O) groups is 1. The molecule has 0 radical (unpaired) electrons. The van der Waals surface area contributed by atoms with E-state index < -0.39 is 5.97 Å². The molecule has 1 fully saturated rings. The van der Waals surface area contributed by atoms with E-state index in [4.69, 9.17) is 5.11 Å². The second kappa shape index (κ2) is 6.12. The third-order valence-corrected chi connectivity index (χ3v) is 3.67. The molecule has 4 nitrogen and oxygen atoms in total. The van der Waals surface area contributed by atoms with Crippen LogP contribution in [0.25, 0.3) is 0 Å². The van der Waals surface area contributed by atoms with E-state index in [0.717, 1.165) is 31.7 Å². The molecule has 1 N–H and O–H groups in total. The first-order valence-corrected chi connectivity index (χ1v) is 6.50. The zero-order valence-electron chi connectivity index (χ0n) is 11.1. The van der Waals surface area contributed by atoms with Gasteiger partial charge in [-0.25, -0.2) is 4.39 Å². The molecule has 1 aliphatic rings. The molecule has 0 aromatic heterocycles. The van der Waals surface area contributed by atoms with Crippen LogP contribution in [-0.4, -0.2) is 53.6 Å². The Morgan fingerprint density at radius 3 is 2.37 bits per heavy atom. The van der Waals surface area contributed by atoms with Crippen molar-refractivity contribution in [2.75, 3.05) is 32.7 Å². The van der Waals surface area contributed by atoms with Gasteiger partial charge in [-0.2, -0.15) is 0 Å². The lowest BCUT2D eigenvalue weighted by Gasteiger charge is -2.37. The highest BCUT2D eigenvalue weighted by Crippen LogP contribution is 2.21. The number of hydrogen-bond acceptors (Lipinski definition) is 3. The van der Waals surface area contributed by atoms with Crippen molar-refractivity contribution in [3.63, 3.8) is 0 Å². The molecule has 1 saturated heterocycles. The average molecular weight is 266 g/mol. The zero-order valence-corrected chi connectivity index (χ0v) is 11.1. The molecule has 1 aromatic carbocycles. The number of aliphatic carboxylic acids is 1. The Bertz CT molecular complexity index is 428. The summed E-state index contributed by atoms with van der Waals surface area (Å²) in [4.78, 5) is 14.9. The van der Waals surface area contributed by atoms with E-state index in [-0.39, 0.29) is 18.4 Å². The molecule has 104 valence electrons. The largest absolute Gasteiger partial charge is 0.480 e. The minimum absolute atomic E-state index is 0.110. The van der Waals surface area contributed by atoms with Crippen molar-refractivity contribution in [1.82, 2.24) is 9.80 Å². The Morgan fingerprint density at radius 1 is 1.26 bits per heavy atom. The highest BCUT2D eigenvalue weighted by molar-refractivity contribution is 5.69. The van der Waals surface area contributed by atoms with E-state index in [0.29, 0.717) is 0 Å². The fourth-order valence-corrected chi connectivity index (χ4v) is 2.45. The Morgan fingerprint density at radius 2 is 1.84 bits per heavy atom. The third kappa shape index (κ3) is 3.75. The van der Waals surface area contributed by atoms with E-state index in [9.17, 15) is 9.18 Å². The van der Waals surface area contributed by atoms with Gasteiger partial charge in [0.15, 0.2) is 0 Å². The predicted molar refractivity (Wildman–Crippen MR) is 70.5 cm³/mol. The molecule has 0 saturated carbocycles. The van der Waals surface area contributed by atoms with E-state index in [1.165, 1.54) is 12.1 Å². The van der Waals surface area contributed by atoms with Crippen molar-refractivity contribution in [1.29, 1.82) is 0 Å². The Kier molecular flexibility index (Phi) is 4.50. The van der Waals surface area contributed by atoms with Gasteiger partial charge in [0.2, 0.25) is 0 Å². The summed E-state index contributed by atoms with van der Waals surface area (Å²) >= 11 is 0. The predicted octanol–water partition coefficient (Wildman–Crippen LogP) is 1.59. The van der Waals surface area contributed by atoms with Crippen LogP contribution in [0.5, 0.6) is 0 Å². The van der Waals surface area contributed by atoms with Gasteiger partial charge in [0.1, 0.15) is 5.82 Å². The van der Waals surface area contributed by atoms with Crippen molar-refractivity contribution in [3.8, 4) is 0 Å². The second-order valence-electron chi connectivity index (χ2n) is 4.93. The Labute approximate surface area is 112 Å². The van der Waals surface area contributed by atoms with E-state index >= 15 is 0 Å². The lowest BCUT2D eigenvalue weighted by atomic mass is 10.1. The van der Waals surface area contributed by atoms with Crippen LogP contribution in [0.3, 0.4) is 0 Å². The first-order chi connectivity index (χ1) is 9.06. The van der Waals surface area contributed by atoms with Gasteiger partial charge in [0, 0.05) is 32.2 Å². The standard InChI is InChI=1S/C14H19FN2O2/c1-11(12-2-4-13(15)5-3-12)17-8-6-16(7-9-17)10-14(18)19/h2-5,11H,6-10H2,1H3,(H,18,19). The number of halogens is 1. The van der Waals surface area contributed by atoms with Crippen LogP contribution >= 0.6 is 0 Å². The van der Waals surface area contributed by atoms with Crippen molar-refractivity contribution in [2.24, 2.45) is 0 Å². The molecule has 2 rings (SSSR count). The molecule has 0 bridgehead atoms. The number of carboxylic acid groups (broad SMARTS) is 1. The molecule has 0 aliphatic carbocycles. The van der Waals surface area contributed by atoms with Gasteiger partial charge in [-0.15, -0.1) is 0 Å². The normalized spacial score (nSPS) is 19.3. The lowest BCUT2D eigenvalue weighted by molar-refractivity contribution is -0.138. The van der Waals surface area contributed by atoms with Gasteiger partial charge in [0.05, 0.1) is 6.54 Å². The molecule has 0 spiro atoms. The maximum absolute atomic E-state index is 12.9. The number of piperazine rings is 1. The highest BCUT2D eigenvalue weighted by Gasteiger charge is 2.22. The van der Waals surface area contributed by atoms with Crippen LogP contribution in [0.15, 0.2) is 24.3 Å². The molecule has 1 unspecified atom stereocenters. The van der Waals surface area contributed by atoms with Crippen molar-refractivity contribution in [2.45, 2.75) is 13.0 Å². The summed E-state index contributed by atoms with van der Waals surface area (Å²) in [5, 5.41) is 8.75. The molecule has 1 aliphatic heterocycles. The van der Waals surface area contributed by atoms with Gasteiger partial charge < -0.3 is 5.11 Å². The summed E-state index contributed by atoms with van der Waals surface area (Å²) in [6, 6.07) is 6.80. The maximum Gasteiger partial charge on any atom is 0.317 e. The van der Waals surface area contributed by atoms with Gasteiger partial charge in [-0.05, 0) is 24.6 Å². The lowest BCUT2D eigenvalue weighted by Crippen LogP contribution is -2.48. The summed E-state index contributed by atoms with van der Waals surface area (Å²) in [5.74, 6) is -0.998. The summed E-state index contributed by atoms with van der Waals surface area (Å²) in [6.45, 7) is 5.41. The van der Waals surface area contributed by atoms with Gasteiger partial charge >= 0.3 is 5.97 Å². The summed E-state index contributed by atoms with van der Waals surface area (Å²) < 4.78 is 12.9. The Balaban J connectivity index is 1.90. The van der Waals surface area contributed by atoms with Crippen molar-refractivity contribution >= 4 is 5.97 Å². The van der Waals surface area contributed by atoms with Crippen LogP contribution in [0.4, 0.5) is 4.39 Å². The quantitative estimate of drug-likeness (QED) is 0.899. The Hall–Kier alpha value is -1.46.